The molecular weight excluding hydrogens is 251 g/mol. The van der Waals surface area contributed by atoms with Crippen LogP contribution in [0, 0.1) is 11.3 Å². The average molecular weight is 272 g/mol. The molecule has 0 aromatic heterocycles. The third kappa shape index (κ3) is 2.33. The van der Waals surface area contributed by atoms with Crippen LogP contribution < -0.4 is 0 Å². The highest BCUT2D eigenvalue weighted by atomic mass is 19.1. The highest BCUT2D eigenvalue weighted by molar-refractivity contribution is 5.88. The second-order valence-corrected chi connectivity index (χ2v) is 6.45. The third-order valence-corrected chi connectivity index (χ3v) is 4.29. The minimum Gasteiger partial charge on any atom is -0.481 e. The van der Waals surface area contributed by atoms with E-state index in [0.29, 0.717) is 19.6 Å². The number of nitrogens with zero attached hydrogens (tertiary/aromatic N) is 2. The standard InChI is InChI=1S/C13H21FN2O3/c1-12(2,11(18)19)8-16-7-9-6-15(3)5-4-13(9,14)10(16)17/h9H,4-8H2,1-3H3,(H,18,19)/t9-,13+/m0/s1. The van der Waals surface area contributed by atoms with Gasteiger partial charge in [0, 0.05) is 38.5 Å². The van der Waals surface area contributed by atoms with Gasteiger partial charge >= 0.3 is 5.97 Å². The molecule has 2 rings (SSSR count). The lowest BCUT2D eigenvalue weighted by Crippen LogP contribution is -2.50. The molecule has 1 N–H and O–H groups in total. The molecule has 2 saturated heterocycles. The Morgan fingerprint density at radius 3 is 2.74 bits per heavy atom. The van der Waals surface area contributed by atoms with Crippen molar-refractivity contribution in [3.05, 3.63) is 0 Å². The van der Waals surface area contributed by atoms with Gasteiger partial charge in [0.25, 0.3) is 5.91 Å². The number of carboxylic acid groups (broad SMARTS) is 1. The van der Waals surface area contributed by atoms with Gasteiger partial charge in [-0.25, -0.2) is 4.39 Å². The van der Waals surface area contributed by atoms with Gasteiger partial charge in [0.2, 0.25) is 0 Å². The van der Waals surface area contributed by atoms with Crippen molar-refractivity contribution in [2.24, 2.45) is 11.3 Å². The van der Waals surface area contributed by atoms with Gasteiger partial charge in [-0.15, -0.1) is 0 Å². The van der Waals surface area contributed by atoms with Gasteiger partial charge in [0.1, 0.15) is 0 Å². The summed E-state index contributed by atoms with van der Waals surface area (Å²) in [6.07, 6.45) is 0.205. The molecule has 2 atom stereocenters. The number of aliphatic carboxylic acids is 1. The van der Waals surface area contributed by atoms with Crippen molar-refractivity contribution in [2.45, 2.75) is 25.9 Å². The number of alkyl halides is 1. The van der Waals surface area contributed by atoms with Gasteiger partial charge in [-0.3, -0.25) is 9.59 Å². The first kappa shape index (κ1) is 14.2. The van der Waals surface area contributed by atoms with Gasteiger partial charge in [0.15, 0.2) is 5.67 Å². The SMILES string of the molecule is CN1CC[C@]2(F)C(=O)N(CC(C)(C)C(=O)O)C[C@@H]2C1. The maximum absolute atomic E-state index is 14.8. The topological polar surface area (TPSA) is 60.9 Å². The molecule has 19 heavy (non-hydrogen) atoms. The minimum absolute atomic E-state index is 0.0626. The van der Waals surface area contributed by atoms with E-state index in [0.717, 1.165) is 0 Å². The van der Waals surface area contributed by atoms with Crippen LogP contribution in [0.15, 0.2) is 0 Å². The van der Waals surface area contributed by atoms with Crippen LogP contribution in [-0.4, -0.2) is 65.7 Å². The predicted octanol–water partition coefficient (Wildman–Crippen LogP) is 0.599. The number of carbonyl (C=O) groups excluding carboxylic acids is 1. The Balaban J connectivity index is 2.14. The smallest absolute Gasteiger partial charge is 0.310 e. The molecule has 0 aromatic rings. The van der Waals surface area contributed by atoms with Crippen LogP contribution in [0.25, 0.3) is 0 Å². The van der Waals surface area contributed by atoms with Crippen LogP contribution in [0.1, 0.15) is 20.3 Å². The molecule has 0 unspecified atom stereocenters. The van der Waals surface area contributed by atoms with Crippen LogP contribution in [0.2, 0.25) is 0 Å². The van der Waals surface area contributed by atoms with Gasteiger partial charge in [-0.2, -0.15) is 0 Å². The number of hydrogen-bond donors (Lipinski definition) is 1. The Morgan fingerprint density at radius 2 is 2.16 bits per heavy atom. The predicted molar refractivity (Wildman–Crippen MR) is 67.4 cm³/mol. The van der Waals surface area contributed by atoms with E-state index in [4.69, 9.17) is 5.11 Å². The summed E-state index contributed by atoms with van der Waals surface area (Å²) in [5.41, 5.74) is -2.84. The number of carbonyl (C=O) groups is 2. The molecule has 1 amide bonds. The Labute approximate surface area is 112 Å². The summed E-state index contributed by atoms with van der Waals surface area (Å²) in [5, 5.41) is 9.11. The summed E-state index contributed by atoms with van der Waals surface area (Å²) in [6.45, 7) is 4.60. The number of halogens is 1. The Morgan fingerprint density at radius 1 is 1.53 bits per heavy atom. The number of hydrogen-bond acceptors (Lipinski definition) is 3. The highest BCUT2D eigenvalue weighted by Crippen LogP contribution is 2.40. The lowest BCUT2D eigenvalue weighted by molar-refractivity contribution is -0.150. The van der Waals surface area contributed by atoms with Crippen molar-refractivity contribution >= 4 is 11.9 Å². The minimum atomic E-state index is -1.79. The number of carboxylic acids is 1. The maximum atomic E-state index is 14.8. The van der Waals surface area contributed by atoms with Crippen molar-refractivity contribution in [3.8, 4) is 0 Å². The molecule has 2 fully saturated rings. The number of amides is 1. The second kappa shape index (κ2) is 4.44. The fourth-order valence-electron chi connectivity index (χ4n) is 2.95. The molecule has 2 aliphatic heterocycles. The molecule has 0 radical (unpaired) electrons. The zero-order chi connectivity index (χ0) is 14.4. The van der Waals surface area contributed by atoms with Crippen molar-refractivity contribution in [1.29, 1.82) is 0 Å². The molecule has 0 aromatic carbocycles. The monoisotopic (exact) mass is 272 g/mol. The van der Waals surface area contributed by atoms with E-state index in [-0.39, 0.29) is 18.9 Å². The first-order valence-corrected chi connectivity index (χ1v) is 6.57. The molecule has 108 valence electrons. The molecule has 5 nitrogen and oxygen atoms in total. The fourth-order valence-corrected chi connectivity index (χ4v) is 2.95. The van der Waals surface area contributed by atoms with Crippen LogP contribution in [0.4, 0.5) is 4.39 Å². The quantitative estimate of drug-likeness (QED) is 0.817. The lowest BCUT2D eigenvalue weighted by Gasteiger charge is -2.34. The number of fused-ring (bicyclic) bond motifs is 1. The zero-order valence-corrected chi connectivity index (χ0v) is 11.6. The number of rotatable bonds is 3. The van der Waals surface area contributed by atoms with E-state index >= 15 is 0 Å². The summed E-state index contributed by atoms with van der Waals surface area (Å²) in [4.78, 5) is 26.7. The molecular formula is C13H21FN2O3. The summed E-state index contributed by atoms with van der Waals surface area (Å²) < 4.78 is 14.8. The first-order valence-electron chi connectivity index (χ1n) is 6.57. The Hall–Kier alpha value is -1.17. The molecule has 0 saturated carbocycles. The zero-order valence-electron chi connectivity index (χ0n) is 11.6. The third-order valence-electron chi connectivity index (χ3n) is 4.29. The van der Waals surface area contributed by atoms with Gasteiger partial charge in [-0.1, -0.05) is 0 Å². The van der Waals surface area contributed by atoms with E-state index in [1.165, 1.54) is 4.90 Å². The first-order chi connectivity index (χ1) is 8.67. The van der Waals surface area contributed by atoms with E-state index in [1.54, 1.807) is 13.8 Å². The van der Waals surface area contributed by atoms with Crippen LogP contribution in [0.3, 0.4) is 0 Å². The van der Waals surface area contributed by atoms with E-state index in [9.17, 15) is 14.0 Å². The molecule has 0 spiro atoms. The highest BCUT2D eigenvalue weighted by Gasteiger charge is 2.57. The summed E-state index contributed by atoms with van der Waals surface area (Å²) in [5.74, 6) is -1.84. The van der Waals surface area contributed by atoms with Crippen LogP contribution in [-0.2, 0) is 9.59 Å². The lowest BCUT2D eigenvalue weighted by atomic mass is 9.85. The molecule has 2 heterocycles. The molecule has 0 bridgehead atoms. The summed E-state index contributed by atoms with van der Waals surface area (Å²) in [6, 6.07) is 0. The second-order valence-electron chi connectivity index (χ2n) is 6.45. The fraction of sp³-hybridized carbons (Fsp3) is 0.846. The molecule has 0 aliphatic carbocycles. The van der Waals surface area contributed by atoms with E-state index < -0.39 is 23.0 Å². The van der Waals surface area contributed by atoms with Crippen molar-refractivity contribution in [1.82, 2.24) is 9.80 Å². The maximum Gasteiger partial charge on any atom is 0.310 e. The molecule has 2 aliphatic rings. The van der Waals surface area contributed by atoms with Gasteiger partial charge in [0.05, 0.1) is 5.41 Å². The van der Waals surface area contributed by atoms with E-state index in [2.05, 4.69) is 0 Å². The number of likely N-dealkylation sites (tertiary alicyclic amines) is 2. The number of piperidine rings is 1. The van der Waals surface area contributed by atoms with Gasteiger partial charge < -0.3 is 14.9 Å². The Kier molecular flexibility index (Phi) is 3.33. The largest absolute Gasteiger partial charge is 0.481 e. The van der Waals surface area contributed by atoms with Crippen LogP contribution in [0.5, 0.6) is 0 Å². The summed E-state index contributed by atoms with van der Waals surface area (Å²) in [7, 11) is 1.91. The normalized spacial score (nSPS) is 32.5. The van der Waals surface area contributed by atoms with Crippen molar-refractivity contribution in [3.63, 3.8) is 0 Å². The summed E-state index contributed by atoms with van der Waals surface area (Å²) >= 11 is 0. The molecule has 6 heteroatoms. The van der Waals surface area contributed by atoms with E-state index in [1.807, 2.05) is 11.9 Å². The van der Waals surface area contributed by atoms with Gasteiger partial charge in [-0.05, 0) is 20.9 Å². The Bertz CT molecular complexity index is 413. The van der Waals surface area contributed by atoms with Crippen LogP contribution >= 0.6 is 0 Å². The average Bonchev–Trinajstić information content (AvgIpc) is 2.53. The van der Waals surface area contributed by atoms with Crippen molar-refractivity contribution < 1.29 is 19.1 Å². The van der Waals surface area contributed by atoms with Crippen molar-refractivity contribution in [2.75, 3.05) is 33.2 Å².